The summed E-state index contributed by atoms with van der Waals surface area (Å²) in [5.74, 6) is 0.819. The lowest BCUT2D eigenvalue weighted by atomic mass is 10.0. The van der Waals surface area contributed by atoms with Gasteiger partial charge in [0.15, 0.2) is 0 Å². The summed E-state index contributed by atoms with van der Waals surface area (Å²) in [4.78, 5) is 18.6. The van der Waals surface area contributed by atoms with E-state index in [1.54, 1.807) is 0 Å². The van der Waals surface area contributed by atoms with Crippen LogP contribution in [0.1, 0.15) is 45.9 Å². The molecule has 0 amide bonds. The molecule has 0 fully saturated rings. The number of halogens is 1. The monoisotopic (exact) mass is 792 g/mol. The van der Waals surface area contributed by atoms with Crippen molar-refractivity contribution < 1.29 is 4.74 Å². The molecule has 5 nitrogen and oxygen atoms in total. The standard InChI is InChI=1S/C50H41BrN4O/c1-31-9-15-34(16-10-31)47-38-21-23-40(52-38)48(35-17-11-32(2)12-18-35)42-25-27-44(54-42)50(37-7-4-5-8-46(37)56-30-6-29-51)45-28-26-43(55-45)49(41-24-22-39(47)53-41)36-19-13-33(3)14-20-36/h4-5,7-28,52,55H,6,29-30H2,1-3H3. The van der Waals surface area contributed by atoms with Gasteiger partial charge in [0.05, 0.1) is 29.4 Å². The molecule has 0 unspecified atom stereocenters. The first-order chi connectivity index (χ1) is 27.4. The Balaban J connectivity index is 1.44. The summed E-state index contributed by atoms with van der Waals surface area (Å²) in [5.41, 5.74) is 19.3. The third kappa shape index (κ3) is 6.82. The molecule has 0 saturated carbocycles. The number of hydrogen-bond donors (Lipinski definition) is 2. The van der Waals surface area contributed by atoms with E-state index < -0.39 is 0 Å². The topological polar surface area (TPSA) is 66.6 Å². The number of para-hydroxylation sites is 1. The fraction of sp³-hybridized carbons (Fsp3) is 0.120. The molecule has 7 aromatic rings. The van der Waals surface area contributed by atoms with Gasteiger partial charge in [-0.3, -0.25) is 0 Å². The second-order valence-corrected chi connectivity index (χ2v) is 15.3. The molecule has 9 rings (SSSR count). The van der Waals surface area contributed by atoms with Crippen molar-refractivity contribution in [1.82, 2.24) is 19.9 Å². The van der Waals surface area contributed by atoms with E-state index in [0.29, 0.717) is 6.61 Å². The Morgan fingerprint density at radius 3 is 1.25 bits per heavy atom. The summed E-state index contributed by atoms with van der Waals surface area (Å²) in [5, 5.41) is 0.872. The number of rotatable bonds is 8. The van der Waals surface area contributed by atoms with Crippen LogP contribution in [-0.2, 0) is 0 Å². The van der Waals surface area contributed by atoms with Crippen molar-refractivity contribution in [2.75, 3.05) is 11.9 Å². The molecule has 56 heavy (non-hydrogen) atoms. The molecule has 5 heterocycles. The largest absolute Gasteiger partial charge is 0.493 e. The minimum atomic E-state index is 0.601. The van der Waals surface area contributed by atoms with E-state index >= 15 is 0 Å². The van der Waals surface area contributed by atoms with Crippen molar-refractivity contribution in [2.45, 2.75) is 27.2 Å². The highest BCUT2D eigenvalue weighted by molar-refractivity contribution is 9.09. The number of aryl methyl sites for hydroxylation is 3. The SMILES string of the molecule is Cc1ccc(-c2c3nc(c(-c4ccc(C)cc4)c4ccc([nH]4)c(-c4ccccc4OCCCBr)c4nc(c(-c5ccc(C)cc5)c5ccc2[nH]5)C=C4)C=C3)cc1. The summed E-state index contributed by atoms with van der Waals surface area (Å²) >= 11 is 3.57. The van der Waals surface area contributed by atoms with Crippen LogP contribution in [0.2, 0.25) is 0 Å². The average molecular weight is 794 g/mol. The van der Waals surface area contributed by atoms with Crippen molar-refractivity contribution in [3.63, 3.8) is 0 Å². The minimum absolute atomic E-state index is 0.601. The number of aromatic nitrogens is 4. The summed E-state index contributed by atoms with van der Waals surface area (Å²) in [7, 11) is 0. The van der Waals surface area contributed by atoms with Gasteiger partial charge < -0.3 is 14.7 Å². The van der Waals surface area contributed by atoms with Gasteiger partial charge in [-0.25, -0.2) is 9.97 Å². The zero-order valence-electron chi connectivity index (χ0n) is 31.7. The Morgan fingerprint density at radius 2 is 0.839 bits per heavy atom. The third-order valence-corrected chi connectivity index (χ3v) is 11.0. The van der Waals surface area contributed by atoms with Gasteiger partial charge in [0.25, 0.3) is 0 Å². The van der Waals surface area contributed by atoms with Gasteiger partial charge in [-0.2, -0.15) is 0 Å². The molecule has 0 spiro atoms. The van der Waals surface area contributed by atoms with Crippen LogP contribution < -0.4 is 4.74 Å². The Morgan fingerprint density at radius 1 is 0.464 bits per heavy atom. The number of fused-ring (bicyclic) bond motifs is 8. The van der Waals surface area contributed by atoms with Crippen LogP contribution in [0.25, 0.3) is 90.9 Å². The average Bonchev–Trinajstić information content (AvgIpc) is 4.06. The van der Waals surface area contributed by atoms with E-state index in [9.17, 15) is 0 Å². The number of hydrogen-bond acceptors (Lipinski definition) is 3. The van der Waals surface area contributed by atoms with Crippen LogP contribution in [0.15, 0.2) is 121 Å². The second-order valence-electron chi connectivity index (χ2n) is 14.5. The van der Waals surface area contributed by atoms with Gasteiger partial charge in [0, 0.05) is 55.2 Å². The van der Waals surface area contributed by atoms with Crippen molar-refractivity contribution >= 4 is 62.3 Å². The number of ether oxygens (including phenoxy) is 1. The quantitative estimate of drug-likeness (QED) is 0.119. The molecule has 2 aliphatic rings. The number of alkyl halides is 1. The van der Waals surface area contributed by atoms with Gasteiger partial charge in [-0.15, -0.1) is 0 Å². The van der Waals surface area contributed by atoms with Crippen LogP contribution >= 0.6 is 15.9 Å². The number of nitrogens with one attached hydrogen (secondary N) is 2. The molecular formula is C50H41BrN4O. The molecule has 4 aromatic carbocycles. The normalized spacial score (nSPS) is 12.0. The van der Waals surface area contributed by atoms with Gasteiger partial charge >= 0.3 is 0 Å². The van der Waals surface area contributed by atoms with Gasteiger partial charge in [0.2, 0.25) is 0 Å². The third-order valence-electron chi connectivity index (χ3n) is 10.5. The maximum Gasteiger partial charge on any atom is 0.127 e. The van der Waals surface area contributed by atoms with Crippen LogP contribution in [0.5, 0.6) is 5.75 Å². The van der Waals surface area contributed by atoms with E-state index in [2.05, 4.69) is 186 Å². The van der Waals surface area contributed by atoms with Crippen LogP contribution in [-0.4, -0.2) is 31.9 Å². The fourth-order valence-electron chi connectivity index (χ4n) is 7.60. The maximum absolute atomic E-state index is 6.44. The molecule has 0 atom stereocenters. The summed E-state index contributed by atoms with van der Waals surface area (Å²) in [6.07, 6.45) is 9.46. The van der Waals surface area contributed by atoms with Crippen LogP contribution in [0, 0.1) is 20.8 Å². The smallest absolute Gasteiger partial charge is 0.127 e. The lowest BCUT2D eigenvalue weighted by Crippen LogP contribution is -1.99. The first-order valence-corrected chi connectivity index (χ1v) is 20.2. The maximum atomic E-state index is 6.44. The summed E-state index contributed by atoms with van der Waals surface area (Å²) in [6.45, 7) is 6.96. The van der Waals surface area contributed by atoms with Crippen LogP contribution in [0.3, 0.4) is 0 Å². The zero-order chi connectivity index (χ0) is 38.2. The number of benzene rings is 4. The van der Waals surface area contributed by atoms with Crippen molar-refractivity contribution in [2.24, 2.45) is 0 Å². The highest BCUT2D eigenvalue weighted by Crippen LogP contribution is 2.40. The predicted octanol–water partition coefficient (Wildman–Crippen LogP) is 13.4. The van der Waals surface area contributed by atoms with Crippen LogP contribution in [0.4, 0.5) is 0 Å². The van der Waals surface area contributed by atoms with E-state index in [-0.39, 0.29) is 0 Å². The molecule has 0 aliphatic carbocycles. The molecule has 0 radical (unpaired) electrons. The second kappa shape index (κ2) is 15.1. The Hall–Kier alpha value is -6.24. The first kappa shape index (κ1) is 35.5. The lowest BCUT2D eigenvalue weighted by Gasteiger charge is -2.12. The molecule has 2 aliphatic heterocycles. The highest BCUT2D eigenvalue weighted by atomic mass is 79.9. The molecule has 0 saturated heterocycles. The van der Waals surface area contributed by atoms with Crippen molar-refractivity contribution in [3.05, 3.63) is 161 Å². The first-order valence-electron chi connectivity index (χ1n) is 19.1. The molecule has 6 heteroatoms. The summed E-state index contributed by atoms with van der Waals surface area (Å²) in [6, 6.07) is 43.1. The molecule has 3 aromatic heterocycles. The van der Waals surface area contributed by atoms with Gasteiger partial charge in [0.1, 0.15) is 5.75 Å². The van der Waals surface area contributed by atoms with Gasteiger partial charge in [-0.05, 0) is 98.5 Å². The minimum Gasteiger partial charge on any atom is -0.493 e. The Labute approximate surface area is 335 Å². The van der Waals surface area contributed by atoms with E-state index in [1.165, 1.54) is 16.7 Å². The van der Waals surface area contributed by atoms with E-state index in [0.717, 1.165) is 107 Å². The molecule has 274 valence electrons. The van der Waals surface area contributed by atoms with E-state index in [4.69, 9.17) is 14.7 Å². The molecule has 2 N–H and O–H groups in total. The van der Waals surface area contributed by atoms with Gasteiger partial charge in [-0.1, -0.05) is 124 Å². The van der Waals surface area contributed by atoms with E-state index in [1.807, 2.05) is 6.07 Å². The fourth-order valence-corrected chi connectivity index (χ4v) is 7.83. The number of aromatic amines is 2. The number of H-pyrrole nitrogens is 2. The molecular weight excluding hydrogens is 752 g/mol. The molecule has 8 bridgehead atoms. The Bertz CT molecular complexity index is 2780. The lowest BCUT2D eigenvalue weighted by molar-refractivity contribution is 0.320. The van der Waals surface area contributed by atoms with Crippen molar-refractivity contribution in [3.8, 4) is 50.3 Å². The summed E-state index contributed by atoms with van der Waals surface area (Å²) < 4.78 is 6.44. The Kier molecular flexibility index (Phi) is 9.58. The zero-order valence-corrected chi connectivity index (χ0v) is 33.2. The highest BCUT2D eigenvalue weighted by Gasteiger charge is 2.20. The van der Waals surface area contributed by atoms with Crippen molar-refractivity contribution in [1.29, 1.82) is 0 Å². The predicted molar refractivity (Wildman–Crippen MR) is 239 cm³/mol. The number of nitrogens with zero attached hydrogens (tertiary/aromatic N) is 2.